The van der Waals surface area contributed by atoms with Crippen molar-refractivity contribution in [3.05, 3.63) is 70.8 Å². The monoisotopic (exact) mass is 372 g/mol. The molecular weight excluding hydrogens is 344 g/mol. The summed E-state index contributed by atoms with van der Waals surface area (Å²) in [4.78, 5) is 0. The lowest BCUT2D eigenvalue weighted by atomic mass is 9.41. The Morgan fingerprint density at radius 1 is 0.607 bits per heavy atom. The van der Waals surface area contributed by atoms with E-state index in [0.717, 1.165) is 25.0 Å². The zero-order valence-corrected chi connectivity index (χ0v) is 16.4. The Morgan fingerprint density at radius 2 is 1.00 bits per heavy atom. The number of epoxide rings is 2. The molecule has 8 rings (SSSR count). The van der Waals surface area contributed by atoms with E-state index in [9.17, 15) is 0 Å². The van der Waals surface area contributed by atoms with Crippen LogP contribution in [0, 0.1) is 11.8 Å². The summed E-state index contributed by atoms with van der Waals surface area (Å²) >= 11 is 0. The van der Waals surface area contributed by atoms with Gasteiger partial charge in [-0.1, -0.05) is 48.5 Å². The summed E-state index contributed by atoms with van der Waals surface area (Å²) in [5.74, 6) is 1.80. The van der Waals surface area contributed by atoms with Gasteiger partial charge in [-0.15, -0.1) is 0 Å². The van der Waals surface area contributed by atoms with Crippen LogP contribution in [0.4, 0.5) is 0 Å². The third-order valence-corrected chi connectivity index (χ3v) is 8.52. The topological polar surface area (TPSA) is 25.1 Å². The van der Waals surface area contributed by atoms with Crippen LogP contribution in [-0.2, 0) is 20.3 Å². The van der Waals surface area contributed by atoms with Gasteiger partial charge >= 0.3 is 0 Å². The van der Waals surface area contributed by atoms with E-state index < -0.39 is 0 Å². The number of hydrogen-bond donors (Lipinski definition) is 0. The van der Waals surface area contributed by atoms with Gasteiger partial charge in [-0.25, -0.2) is 0 Å². The molecule has 0 N–H and O–H groups in total. The van der Waals surface area contributed by atoms with Gasteiger partial charge < -0.3 is 9.47 Å². The predicted octanol–water partition coefficient (Wildman–Crippen LogP) is 5.62. The van der Waals surface area contributed by atoms with Gasteiger partial charge in [0.25, 0.3) is 0 Å². The third-order valence-electron chi connectivity index (χ3n) is 8.52. The van der Waals surface area contributed by atoms with Crippen molar-refractivity contribution in [2.45, 2.75) is 61.6 Å². The first-order valence-electron chi connectivity index (χ1n) is 11.2. The molecule has 2 aromatic carbocycles. The molecule has 2 saturated heterocycles. The third kappa shape index (κ3) is 2.40. The van der Waals surface area contributed by atoms with Gasteiger partial charge in [-0.3, -0.25) is 0 Å². The first kappa shape index (κ1) is 16.2. The Hall–Kier alpha value is -1.64. The molecule has 2 atom stereocenters. The van der Waals surface area contributed by atoms with Gasteiger partial charge in [0, 0.05) is 0 Å². The Labute approximate surface area is 167 Å². The average Bonchev–Trinajstić information content (AvgIpc) is 3.61. The molecule has 144 valence electrons. The van der Waals surface area contributed by atoms with Crippen LogP contribution in [0.1, 0.15) is 73.0 Å². The lowest BCUT2D eigenvalue weighted by molar-refractivity contribution is -0.0281. The first-order chi connectivity index (χ1) is 13.7. The summed E-state index contributed by atoms with van der Waals surface area (Å²) < 4.78 is 11.0. The molecule has 6 fully saturated rings. The van der Waals surface area contributed by atoms with Crippen molar-refractivity contribution in [2.75, 3.05) is 13.2 Å². The SMILES string of the molecule is c1cc(C23CC4CC(C2)CC(c2ccc(C5CO5)cc2)(C4)C3)ccc1C1CO1. The number of ether oxygens (including phenoxy) is 2. The summed E-state index contributed by atoms with van der Waals surface area (Å²) in [6, 6.07) is 19.1. The highest BCUT2D eigenvalue weighted by atomic mass is 16.6. The highest BCUT2D eigenvalue weighted by Crippen LogP contribution is 2.66. The van der Waals surface area contributed by atoms with Crippen LogP contribution in [0.3, 0.4) is 0 Å². The molecule has 0 amide bonds. The van der Waals surface area contributed by atoms with Gasteiger partial charge in [-0.05, 0) is 83.4 Å². The average molecular weight is 373 g/mol. The molecule has 2 nitrogen and oxygen atoms in total. The molecule has 0 spiro atoms. The van der Waals surface area contributed by atoms with Gasteiger partial charge in [0.2, 0.25) is 0 Å². The molecule has 2 aromatic rings. The second kappa shape index (κ2) is 5.49. The molecular formula is C26H28O2. The minimum Gasteiger partial charge on any atom is -0.368 e. The molecule has 4 saturated carbocycles. The largest absolute Gasteiger partial charge is 0.368 e. The molecule has 28 heavy (non-hydrogen) atoms. The smallest absolute Gasteiger partial charge is 0.106 e. The van der Waals surface area contributed by atoms with E-state index in [1.54, 1.807) is 11.1 Å². The molecule has 0 radical (unpaired) electrons. The molecule has 0 aromatic heterocycles. The second-order valence-electron chi connectivity index (χ2n) is 10.4. The van der Waals surface area contributed by atoms with Crippen LogP contribution in [-0.4, -0.2) is 13.2 Å². The van der Waals surface area contributed by atoms with Crippen molar-refractivity contribution in [1.29, 1.82) is 0 Å². The highest BCUT2D eigenvalue weighted by molar-refractivity contribution is 5.40. The minimum atomic E-state index is 0.366. The maximum Gasteiger partial charge on any atom is 0.106 e. The number of benzene rings is 2. The standard InChI is InChI=1S/C26H28O2/c1-5-21(6-2-19(1)23-14-27-23)25-10-17-9-18(11-25)13-26(12-17,16-25)22-7-3-20(4-8-22)24-15-28-24/h1-8,17-18,23-24H,9-16H2. The lowest BCUT2D eigenvalue weighted by Crippen LogP contribution is -2.55. The van der Waals surface area contributed by atoms with Crippen LogP contribution in [0.5, 0.6) is 0 Å². The molecule has 2 heteroatoms. The maximum atomic E-state index is 5.48. The zero-order chi connectivity index (χ0) is 18.3. The fourth-order valence-corrected chi connectivity index (χ4v) is 7.52. The molecule has 2 aliphatic heterocycles. The Bertz CT molecular complexity index is 817. The lowest BCUT2D eigenvalue weighted by Gasteiger charge is -2.63. The fraction of sp³-hybridized carbons (Fsp3) is 0.538. The molecule has 4 bridgehead atoms. The van der Waals surface area contributed by atoms with Crippen molar-refractivity contribution in [3.63, 3.8) is 0 Å². The van der Waals surface area contributed by atoms with Crippen molar-refractivity contribution in [2.24, 2.45) is 11.8 Å². The predicted molar refractivity (Wildman–Crippen MR) is 108 cm³/mol. The molecule has 6 aliphatic rings. The summed E-state index contributed by atoms with van der Waals surface area (Å²) in [5.41, 5.74) is 6.70. The van der Waals surface area contributed by atoms with Crippen molar-refractivity contribution in [3.8, 4) is 0 Å². The summed E-state index contributed by atoms with van der Waals surface area (Å²) in [6.45, 7) is 1.80. The van der Waals surface area contributed by atoms with Crippen molar-refractivity contribution in [1.82, 2.24) is 0 Å². The first-order valence-corrected chi connectivity index (χ1v) is 11.2. The van der Waals surface area contributed by atoms with Crippen molar-refractivity contribution >= 4 is 0 Å². The van der Waals surface area contributed by atoms with Crippen molar-refractivity contribution < 1.29 is 9.47 Å². The molecule has 2 heterocycles. The van der Waals surface area contributed by atoms with E-state index in [2.05, 4.69) is 48.5 Å². The van der Waals surface area contributed by atoms with Crippen LogP contribution in [0.25, 0.3) is 0 Å². The fourth-order valence-electron chi connectivity index (χ4n) is 7.52. The van der Waals surface area contributed by atoms with Gasteiger partial charge in [-0.2, -0.15) is 0 Å². The van der Waals surface area contributed by atoms with Gasteiger partial charge in [0.05, 0.1) is 13.2 Å². The summed E-state index contributed by atoms with van der Waals surface area (Å²) in [5, 5.41) is 0. The van der Waals surface area contributed by atoms with Crippen LogP contribution < -0.4 is 0 Å². The van der Waals surface area contributed by atoms with Gasteiger partial charge in [0.1, 0.15) is 12.2 Å². The van der Waals surface area contributed by atoms with Crippen LogP contribution in [0.15, 0.2) is 48.5 Å². The zero-order valence-electron chi connectivity index (χ0n) is 16.4. The maximum absolute atomic E-state index is 5.48. The van der Waals surface area contributed by atoms with Gasteiger partial charge in [0.15, 0.2) is 0 Å². The Balaban J connectivity index is 1.26. The number of rotatable bonds is 4. The van der Waals surface area contributed by atoms with Crippen LogP contribution >= 0.6 is 0 Å². The van der Waals surface area contributed by atoms with E-state index in [1.165, 1.54) is 49.7 Å². The quantitative estimate of drug-likeness (QED) is 0.651. The van der Waals surface area contributed by atoms with Crippen LogP contribution in [0.2, 0.25) is 0 Å². The highest BCUT2D eigenvalue weighted by Gasteiger charge is 2.58. The minimum absolute atomic E-state index is 0.366. The number of hydrogen-bond acceptors (Lipinski definition) is 2. The van der Waals surface area contributed by atoms with E-state index in [-0.39, 0.29) is 0 Å². The second-order valence-corrected chi connectivity index (χ2v) is 10.4. The summed E-state index contributed by atoms with van der Waals surface area (Å²) in [7, 11) is 0. The Morgan fingerprint density at radius 3 is 1.36 bits per heavy atom. The van der Waals surface area contributed by atoms with E-state index in [0.29, 0.717) is 23.0 Å². The Kier molecular flexibility index (Phi) is 3.17. The van der Waals surface area contributed by atoms with E-state index in [1.807, 2.05) is 0 Å². The summed E-state index contributed by atoms with van der Waals surface area (Å²) in [6.07, 6.45) is 9.14. The van der Waals surface area contributed by atoms with E-state index in [4.69, 9.17) is 9.47 Å². The normalized spacial score (nSPS) is 42.6. The molecule has 4 aliphatic carbocycles. The molecule has 2 unspecified atom stereocenters. The van der Waals surface area contributed by atoms with E-state index >= 15 is 0 Å².